The number of anilines is 1. The predicted molar refractivity (Wildman–Crippen MR) is 117 cm³/mol. The molecule has 3 aromatic carbocycles. The Kier molecular flexibility index (Phi) is 6.12. The highest BCUT2D eigenvalue weighted by atomic mass is 32.2. The lowest BCUT2D eigenvalue weighted by molar-refractivity contribution is 0.0696. The molecule has 7 heteroatoms. The molecule has 0 saturated carbocycles. The number of aryl methyl sites for hydroxylation is 1. The van der Waals surface area contributed by atoms with E-state index in [1.165, 1.54) is 22.5 Å². The van der Waals surface area contributed by atoms with Gasteiger partial charge in [0.05, 0.1) is 23.3 Å². The van der Waals surface area contributed by atoms with Crippen molar-refractivity contribution in [1.29, 1.82) is 0 Å². The summed E-state index contributed by atoms with van der Waals surface area (Å²) in [6.45, 7) is 3.58. The fourth-order valence-electron chi connectivity index (χ4n) is 3.21. The van der Waals surface area contributed by atoms with Gasteiger partial charge in [-0.1, -0.05) is 30.3 Å². The van der Waals surface area contributed by atoms with Crippen molar-refractivity contribution in [3.8, 4) is 16.9 Å². The second-order valence-electron chi connectivity index (χ2n) is 6.73. The van der Waals surface area contributed by atoms with Crippen LogP contribution in [0.3, 0.4) is 0 Å². The van der Waals surface area contributed by atoms with E-state index in [0.717, 1.165) is 16.9 Å². The van der Waals surface area contributed by atoms with Crippen LogP contribution >= 0.6 is 0 Å². The molecule has 156 valence electrons. The number of carboxylic acids is 1. The number of carboxylic acid groups (broad SMARTS) is 1. The van der Waals surface area contributed by atoms with Crippen molar-refractivity contribution >= 4 is 21.7 Å². The van der Waals surface area contributed by atoms with Crippen LogP contribution in [0.4, 0.5) is 5.69 Å². The van der Waals surface area contributed by atoms with Crippen LogP contribution in [-0.4, -0.2) is 33.1 Å². The highest BCUT2D eigenvalue weighted by Gasteiger charge is 2.25. The molecular weight excluding hydrogens is 402 g/mol. The van der Waals surface area contributed by atoms with E-state index in [1.807, 2.05) is 36.4 Å². The number of hydrogen-bond acceptors (Lipinski definition) is 4. The van der Waals surface area contributed by atoms with E-state index in [-0.39, 0.29) is 17.0 Å². The van der Waals surface area contributed by atoms with Gasteiger partial charge in [0.1, 0.15) is 5.75 Å². The maximum atomic E-state index is 13.2. The summed E-state index contributed by atoms with van der Waals surface area (Å²) in [7, 11) is -2.30. The minimum atomic E-state index is -3.91. The maximum absolute atomic E-state index is 13.2. The zero-order valence-electron chi connectivity index (χ0n) is 17.0. The first-order valence-electron chi connectivity index (χ1n) is 9.39. The van der Waals surface area contributed by atoms with Crippen molar-refractivity contribution in [3.63, 3.8) is 0 Å². The zero-order valence-corrected chi connectivity index (χ0v) is 17.8. The van der Waals surface area contributed by atoms with E-state index in [0.29, 0.717) is 11.3 Å². The van der Waals surface area contributed by atoms with Crippen LogP contribution in [0.1, 0.15) is 22.8 Å². The lowest BCUT2D eigenvalue weighted by Gasteiger charge is -2.23. The molecule has 0 unspecified atom stereocenters. The minimum Gasteiger partial charge on any atom is -0.497 e. The topological polar surface area (TPSA) is 83.9 Å². The first-order valence-corrected chi connectivity index (χ1v) is 10.8. The summed E-state index contributed by atoms with van der Waals surface area (Å²) in [5.74, 6) is -0.395. The molecule has 30 heavy (non-hydrogen) atoms. The standard InChI is InChI=1S/C23H23NO5S/c1-4-24(30(27,28)21-14-5-16(2)22(15-21)23(25)26)19-10-6-17(7-11-19)18-8-12-20(29-3)13-9-18/h5-15H,4H2,1-3H3,(H,25,26). The van der Waals surface area contributed by atoms with E-state index < -0.39 is 16.0 Å². The minimum absolute atomic E-state index is 0.0259. The van der Waals surface area contributed by atoms with Gasteiger partial charge in [-0.2, -0.15) is 0 Å². The molecule has 1 N–H and O–H groups in total. The summed E-state index contributed by atoms with van der Waals surface area (Å²) < 4.78 is 32.8. The molecule has 3 aromatic rings. The number of hydrogen-bond donors (Lipinski definition) is 1. The highest BCUT2D eigenvalue weighted by molar-refractivity contribution is 7.92. The second-order valence-corrected chi connectivity index (χ2v) is 8.59. The van der Waals surface area contributed by atoms with Gasteiger partial charge in [0.2, 0.25) is 0 Å². The Hall–Kier alpha value is -3.32. The van der Waals surface area contributed by atoms with Crippen LogP contribution < -0.4 is 9.04 Å². The third kappa shape index (κ3) is 4.16. The van der Waals surface area contributed by atoms with Crippen LogP contribution in [-0.2, 0) is 10.0 Å². The van der Waals surface area contributed by atoms with Crippen molar-refractivity contribution < 1.29 is 23.1 Å². The SMILES string of the molecule is CCN(c1ccc(-c2ccc(OC)cc2)cc1)S(=O)(=O)c1ccc(C)c(C(=O)O)c1. The van der Waals surface area contributed by atoms with Crippen LogP contribution in [0.15, 0.2) is 71.6 Å². The number of ether oxygens (including phenoxy) is 1. The number of aromatic carboxylic acids is 1. The Labute approximate surface area is 176 Å². The first-order chi connectivity index (χ1) is 14.3. The Balaban J connectivity index is 1.95. The van der Waals surface area contributed by atoms with Gasteiger partial charge in [-0.15, -0.1) is 0 Å². The van der Waals surface area contributed by atoms with E-state index >= 15 is 0 Å². The highest BCUT2D eigenvalue weighted by Crippen LogP contribution is 2.28. The van der Waals surface area contributed by atoms with E-state index in [1.54, 1.807) is 33.1 Å². The fourth-order valence-corrected chi connectivity index (χ4v) is 4.71. The molecule has 0 heterocycles. The Bertz CT molecular complexity index is 1150. The average molecular weight is 426 g/mol. The largest absolute Gasteiger partial charge is 0.497 e. The third-order valence-electron chi connectivity index (χ3n) is 4.89. The van der Waals surface area contributed by atoms with Crippen molar-refractivity contribution in [2.45, 2.75) is 18.7 Å². The molecule has 0 radical (unpaired) electrons. The maximum Gasteiger partial charge on any atom is 0.335 e. The normalized spacial score (nSPS) is 11.2. The molecule has 0 spiro atoms. The van der Waals surface area contributed by atoms with Gasteiger partial charge >= 0.3 is 5.97 Å². The summed E-state index contributed by atoms with van der Waals surface area (Å²) in [5.41, 5.74) is 2.92. The summed E-state index contributed by atoms with van der Waals surface area (Å²) >= 11 is 0. The summed E-state index contributed by atoms with van der Waals surface area (Å²) in [4.78, 5) is 11.4. The quantitative estimate of drug-likeness (QED) is 0.599. The number of rotatable bonds is 7. The smallest absolute Gasteiger partial charge is 0.335 e. The number of carbonyl (C=O) groups is 1. The molecule has 0 fully saturated rings. The molecular formula is C23H23NO5S. The fraction of sp³-hybridized carbons (Fsp3) is 0.174. The van der Waals surface area contributed by atoms with E-state index in [4.69, 9.17) is 4.74 Å². The number of benzene rings is 3. The molecule has 0 bridgehead atoms. The van der Waals surface area contributed by atoms with Gasteiger partial charge in [0, 0.05) is 6.54 Å². The van der Waals surface area contributed by atoms with Crippen LogP contribution in [0.25, 0.3) is 11.1 Å². The first kappa shape index (κ1) is 21.4. The van der Waals surface area contributed by atoms with Gasteiger partial charge in [-0.25, -0.2) is 13.2 Å². The number of nitrogens with zero attached hydrogens (tertiary/aromatic N) is 1. The van der Waals surface area contributed by atoms with Gasteiger partial charge < -0.3 is 9.84 Å². The lowest BCUT2D eigenvalue weighted by Crippen LogP contribution is -2.31. The average Bonchev–Trinajstić information content (AvgIpc) is 2.74. The van der Waals surface area contributed by atoms with Crippen LogP contribution in [0.5, 0.6) is 5.75 Å². The van der Waals surface area contributed by atoms with Crippen molar-refractivity contribution in [2.24, 2.45) is 0 Å². The van der Waals surface area contributed by atoms with E-state index in [9.17, 15) is 18.3 Å². The molecule has 3 rings (SSSR count). The van der Waals surface area contributed by atoms with Crippen molar-refractivity contribution in [1.82, 2.24) is 0 Å². The Morgan fingerprint density at radius 2 is 1.53 bits per heavy atom. The summed E-state index contributed by atoms with van der Waals surface area (Å²) in [6.07, 6.45) is 0. The van der Waals surface area contributed by atoms with E-state index in [2.05, 4.69) is 0 Å². The summed E-state index contributed by atoms with van der Waals surface area (Å²) in [5, 5.41) is 9.32. The monoisotopic (exact) mass is 425 g/mol. The molecule has 6 nitrogen and oxygen atoms in total. The third-order valence-corrected chi connectivity index (χ3v) is 6.79. The molecule has 0 atom stereocenters. The molecule has 0 aliphatic carbocycles. The van der Waals surface area contributed by atoms with Crippen LogP contribution in [0.2, 0.25) is 0 Å². The summed E-state index contributed by atoms with van der Waals surface area (Å²) in [6, 6.07) is 18.9. The van der Waals surface area contributed by atoms with Gasteiger partial charge in [0.25, 0.3) is 10.0 Å². The van der Waals surface area contributed by atoms with Gasteiger partial charge in [-0.05, 0) is 66.9 Å². The van der Waals surface area contributed by atoms with Gasteiger partial charge in [0.15, 0.2) is 0 Å². The second kappa shape index (κ2) is 8.59. The molecule has 0 saturated heterocycles. The lowest BCUT2D eigenvalue weighted by atomic mass is 10.1. The predicted octanol–water partition coefficient (Wildman–Crippen LogP) is 4.58. The number of methoxy groups -OCH3 is 1. The van der Waals surface area contributed by atoms with Crippen molar-refractivity contribution in [2.75, 3.05) is 18.0 Å². The van der Waals surface area contributed by atoms with Crippen molar-refractivity contribution in [3.05, 3.63) is 77.9 Å². The molecule has 0 aromatic heterocycles. The molecule has 0 aliphatic heterocycles. The Morgan fingerprint density at radius 1 is 0.967 bits per heavy atom. The molecule has 0 amide bonds. The number of sulfonamides is 1. The van der Waals surface area contributed by atoms with Gasteiger partial charge in [-0.3, -0.25) is 4.31 Å². The van der Waals surface area contributed by atoms with Crippen LogP contribution in [0, 0.1) is 6.92 Å². The Morgan fingerprint density at radius 3 is 2.03 bits per heavy atom. The zero-order chi connectivity index (χ0) is 21.9. The molecule has 0 aliphatic rings.